The molecule has 0 amide bonds. The van der Waals surface area contributed by atoms with Crippen LogP contribution in [0, 0.1) is 5.82 Å². The van der Waals surface area contributed by atoms with Crippen LogP contribution in [0.3, 0.4) is 0 Å². The van der Waals surface area contributed by atoms with E-state index < -0.39 is 0 Å². The summed E-state index contributed by atoms with van der Waals surface area (Å²) < 4.78 is 24.3. The molecule has 0 aliphatic heterocycles. The van der Waals surface area contributed by atoms with Gasteiger partial charge in [0.05, 0.1) is 12.2 Å². The highest BCUT2D eigenvalue weighted by atomic mass is 19.1. The normalized spacial score (nSPS) is 11.6. The Kier molecular flexibility index (Phi) is 4.90. The van der Waals surface area contributed by atoms with E-state index in [0.29, 0.717) is 18.6 Å². The Morgan fingerprint density at radius 3 is 2.65 bits per heavy atom. The molecule has 0 saturated carbocycles. The Morgan fingerprint density at radius 2 is 2.06 bits per heavy atom. The van der Waals surface area contributed by atoms with Crippen molar-refractivity contribution in [1.82, 2.24) is 0 Å². The third-order valence-corrected chi connectivity index (χ3v) is 2.77. The van der Waals surface area contributed by atoms with Crippen molar-refractivity contribution in [3.8, 4) is 5.75 Å². The van der Waals surface area contributed by atoms with Crippen LogP contribution in [0.2, 0.25) is 0 Å². The van der Waals surface area contributed by atoms with Gasteiger partial charge in [-0.2, -0.15) is 0 Å². The summed E-state index contributed by atoms with van der Waals surface area (Å²) in [4.78, 5) is 0. The first kappa shape index (κ1) is 13.9. The van der Waals surface area contributed by atoms with Crippen LogP contribution >= 0.6 is 0 Å². The Morgan fingerprint density at radius 1 is 1.35 bits per heavy atom. The highest BCUT2D eigenvalue weighted by Crippen LogP contribution is 2.23. The predicted molar refractivity (Wildman–Crippen MR) is 65.5 cm³/mol. The quantitative estimate of drug-likeness (QED) is 0.832. The van der Waals surface area contributed by atoms with Crippen LogP contribution in [0.5, 0.6) is 5.75 Å². The van der Waals surface area contributed by atoms with Crippen molar-refractivity contribution < 1.29 is 13.9 Å². The minimum absolute atomic E-state index is 0.252. The number of nitrogens with two attached hydrogens (primary N) is 1. The molecule has 2 N–H and O–H groups in total. The van der Waals surface area contributed by atoms with Gasteiger partial charge in [0.1, 0.15) is 0 Å². The van der Waals surface area contributed by atoms with Crippen LogP contribution in [-0.2, 0) is 11.3 Å². The molecule has 1 aromatic rings. The SMILES string of the molecule is COC(C)(C)CCOc1c(F)cccc1CN. The zero-order chi connectivity index (χ0) is 12.9. The second-order valence-electron chi connectivity index (χ2n) is 4.49. The van der Waals surface area contributed by atoms with Gasteiger partial charge in [-0.1, -0.05) is 12.1 Å². The molecule has 1 rings (SSSR count). The number of rotatable bonds is 6. The van der Waals surface area contributed by atoms with Gasteiger partial charge in [0.2, 0.25) is 0 Å². The lowest BCUT2D eigenvalue weighted by Crippen LogP contribution is -2.25. The van der Waals surface area contributed by atoms with Crippen molar-refractivity contribution in [2.45, 2.75) is 32.4 Å². The summed E-state index contributed by atoms with van der Waals surface area (Å²) in [6.45, 7) is 4.58. The van der Waals surface area contributed by atoms with Gasteiger partial charge >= 0.3 is 0 Å². The van der Waals surface area contributed by atoms with Crippen molar-refractivity contribution in [2.24, 2.45) is 5.73 Å². The van der Waals surface area contributed by atoms with E-state index in [1.54, 1.807) is 19.2 Å². The van der Waals surface area contributed by atoms with Gasteiger partial charge in [-0.15, -0.1) is 0 Å². The number of hydrogen-bond donors (Lipinski definition) is 1. The van der Waals surface area contributed by atoms with E-state index in [-0.39, 0.29) is 23.7 Å². The average Bonchev–Trinajstić information content (AvgIpc) is 2.31. The van der Waals surface area contributed by atoms with E-state index in [0.717, 1.165) is 0 Å². The Balaban J connectivity index is 2.63. The molecule has 0 radical (unpaired) electrons. The molecule has 0 unspecified atom stereocenters. The van der Waals surface area contributed by atoms with E-state index in [9.17, 15) is 4.39 Å². The summed E-state index contributed by atoms with van der Waals surface area (Å²) in [7, 11) is 1.65. The lowest BCUT2D eigenvalue weighted by Gasteiger charge is -2.23. The molecule has 96 valence electrons. The first-order valence-electron chi connectivity index (χ1n) is 5.65. The largest absolute Gasteiger partial charge is 0.490 e. The van der Waals surface area contributed by atoms with Crippen LogP contribution < -0.4 is 10.5 Å². The van der Waals surface area contributed by atoms with E-state index in [4.69, 9.17) is 15.2 Å². The molecular formula is C13H20FNO2. The van der Waals surface area contributed by atoms with Gasteiger partial charge < -0.3 is 15.2 Å². The number of methoxy groups -OCH3 is 1. The van der Waals surface area contributed by atoms with Crippen LogP contribution in [0.15, 0.2) is 18.2 Å². The van der Waals surface area contributed by atoms with E-state index in [1.165, 1.54) is 6.07 Å². The fourth-order valence-electron chi connectivity index (χ4n) is 1.38. The molecule has 1 aromatic carbocycles. The highest BCUT2D eigenvalue weighted by molar-refractivity contribution is 5.34. The van der Waals surface area contributed by atoms with Crippen LogP contribution in [0.25, 0.3) is 0 Å². The maximum absolute atomic E-state index is 13.5. The molecular weight excluding hydrogens is 221 g/mol. The monoisotopic (exact) mass is 241 g/mol. The molecule has 4 heteroatoms. The molecule has 0 aromatic heterocycles. The summed E-state index contributed by atoms with van der Waals surface area (Å²) in [5.74, 6) is -0.120. The van der Waals surface area contributed by atoms with Crippen LogP contribution in [0.4, 0.5) is 4.39 Å². The third-order valence-electron chi connectivity index (χ3n) is 2.77. The van der Waals surface area contributed by atoms with E-state index in [2.05, 4.69) is 0 Å². The summed E-state index contributed by atoms with van der Waals surface area (Å²) in [6.07, 6.45) is 0.682. The van der Waals surface area contributed by atoms with Crippen molar-refractivity contribution in [3.63, 3.8) is 0 Å². The number of halogens is 1. The van der Waals surface area contributed by atoms with E-state index >= 15 is 0 Å². The zero-order valence-electron chi connectivity index (χ0n) is 10.6. The molecule has 17 heavy (non-hydrogen) atoms. The van der Waals surface area contributed by atoms with Crippen molar-refractivity contribution in [1.29, 1.82) is 0 Å². The molecule has 0 spiro atoms. The van der Waals surface area contributed by atoms with Crippen LogP contribution in [-0.4, -0.2) is 19.3 Å². The van der Waals surface area contributed by atoms with Crippen molar-refractivity contribution in [3.05, 3.63) is 29.6 Å². The molecule has 0 atom stereocenters. The summed E-state index contributed by atoms with van der Waals surface area (Å²) >= 11 is 0. The smallest absolute Gasteiger partial charge is 0.165 e. The number of benzene rings is 1. The first-order valence-corrected chi connectivity index (χ1v) is 5.65. The summed E-state index contributed by atoms with van der Waals surface area (Å²) in [5.41, 5.74) is 5.94. The van der Waals surface area contributed by atoms with Crippen LogP contribution in [0.1, 0.15) is 25.8 Å². The van der Waals surface area contributed by atoms with Gasteiger partial charge in [0, 0.05) is 25.6 Å². The standard InChI is InChI=1S/C13H20FNO2/c1-13(2,16-3)7-8-17-12-10(9-15)5-4-6-11(12)14/h4-6H,7-9,15H2,1-3H3. The minimum atomic E-state index is -0.372. The highest BCUT2D eigenvalue weighted by Gasteiger charge is 2.17. The number of para-hydroxylation sites is 1. The number of ether oxygens (including phenoxy) is 2. The topological polar surface area (TPSA) is 44.5 Å². The lowest BCUT2D eigenvalue weighted by atomic mass is 10.1. The maximum Gasteiger partial charge on any atom is 0.165 e. The number of hydrogen-bond acceptors (Lipinski definition) is 3. The third kappa shape index (κ3) is 3.98. The van der Waals surface area contributed by atoms with Gasteiger partial charge in [-0.05, 0) is 19.9 Å². The Bertz CT molecular complexity index is 366. The maximum atomic E-state index is 13.5. The second-order valence-corrected chi connectivity index (χ2v) is 4.49. The predicted octanol–water partition coefficient (Wildman–Crippen LogP) is 2.48. The Labute approximate surface area is 102 Å². The van der Waals surface area contributed by atoms with Gasteiger partial charge in [-0.3, -0.25) is 0 Å². The Hall–Kier alpha value is -1.13. The first-order chi connectivity index (χ1) is 8.00. The van der Waals surface area contributed by atoms with Crippen molar-refractivity contribution in [2.75, 3.05) is 13.7 Å². The lowest BCUT2D eigenvalue weighted by molar-refractivity contribution is 0.00505. The fraction of sp³-hybridized carbons (Fsp3) is 0.538. The molecule has 0 aliphatic rings. The van der Waals surface area contributed by atoms with Gasteiger partial charge in [-0.25, -0.2) is 4.39 Å². The van der Waals surface area contributed by atoms with Gasteiger partial charge in [0.15, 0.2) is 11.6 Å². The fourth-order valence-corrected chi connectivity index (χ4v) is 1.38. The summed E-state index contributed by atoms with van der Waals surface area (Å²) in [6, 6.07) is 4.76. The van der Waals surface area contributed by atoms with E-state index in [1.807, 2.05) is 13.8 Å². The zero-order valence-corrected chi connectivity index (χ0v) is 10.6. The molecule has 0 saturated heterocycles. The molecule has 0 heterocycles. The summed E-state index contributed by atoms with van der Waals surface area (Å²) in [5, 5.41) is 0. The second kappa shape index (κ2) is 5.98. The molecule has 0 bridgehead atoms. The van der Waals surface area contributed by atoms with Gasteiger partial charge in [0.25, 0.3) is 0 Å². The van der Waals surface area contributed by atoms with Crippen molar-refractivity contribution >= 4 is 0 Å². The molecule has 0 aliphatic carbocycles. The molecule has 3 nitrogen and oxygen atoms in total. The minimum Gasteiger partial charge on any atom is -0.490 e. The average molecular weight is 241 g/mol. The molecule has 0 fully saturated rings.